The van der Waals surface area contributed by atoms with Gasteiger partial charge in [-0.2, -0.15) is 0 Å². The summed E-state index contributed by atoms with van der Waals surface area (Å²) in [5.74, 6) is 1.08. The summed E-state index contributed by atoms with van der Waals surface area (Å²) in [7, 11) is 0. The maximum Gasteiger partial charge on any atom is 0.147 e. The third-order valence-electron chi connectivity index (χ3n) is 3.24. The van der Waals surface area contributed by atoms with E-state index in [1.54, 1.807) is 11.3 Å². The van der Waals surface area contributed by atoms with Crippen LogP contribution in [0.25, 0.3) is 0 Å². The lowest BCUT2D eigenvalue weighted by Gasteiger charge is -2.26. The highest BCUT2D eigenvalue weighted by molar-refractivity contribution is 9.10. The van der Waals surface area contributed by atoms with Crippen LogP contribution in [-0.4, -0.2) is 39.3 Å². The van der Waals surface area contributed by atoms with Gasteiger partial charge in [-0.05, 0) is 22.0 Å². The minimum absolute atomic E-state index is 0.909. The number of hydrogen-bond donors (Lipinski definition) is 1. The molecule has 0 unspecified atom stereocenters. The van der Waals surface area contributed by atoms with Gasteiger partial charge in [-0.25, -0.2) is 0 Å². The van der Waals surface area contributed by atoms with Gasteiger partial charge in [0.1, 0.15) is 12.2 Å². The van der Waals surface area contributed by atoms with Crippen molar-refractivity contribution in [2.75, 3.05) is 19.6 Å². The lowest BCUT2D eigenvalue weighted by Crippen LogP contribution is -2.38. The van der Waals surface area contributed by atoms with Gasteiger partial charge in [0.25, 0.3) is 0 Å². The smallest absolute Gasteiger partial charge is 0.147 e. The fourth-order valence-corrected chi connectivity index (χ4v) is 3.62. The van der Waals surface area contributed by atoms with E-state index >= 15 is 0 Å². The molecule has 0 spiro atoms. The van der Waals surface area contributed by atoms with Gasteiger partial charge in [-0.1, -0.05) is 0 Å². The summed E-state index contributed by atoms with van der Waals surface area (Å²) in [6.07, 6.45) is 1.82. The van der Waals surface area contributed by atoms with E-state index in [1.807, 2.05) is 6.33 Å². The van der Waals surface area contributed by atoms with E-state index in [1.165, 1.54) is 9.35 Å². The second-order valence-electron chi connectivity index (χ2n) is 4.62. The van der Waals surface area contributed by atoms with E-state index in [9.17, 15) is 0 Å². The Morgan fingerprint density at radius 3 is 3.21 bits per heavy atom. The van der Waals surface area contributed by atoms with Gasteiger partial charge in [0, 0.05) is 47.5 Å². The van der Waals surface area contributed by atoms with Crippen molar-refractivity contribution in [2.24, 2.45) is 0 Å². The molecule has 19 heavy (non-hydrogen) atoms. The Labute approximate surface area is 124 Å². The number of nitrogens with one attached hydrogen (secondary N) is 1. The van der Waals surface area contributed by atoms with Crippen LogP contribution in [0.4, 0.5) is 0 Å². The van der Waals surface area contributed by atoms with Gasteiger partial charge in [0.05, 0.1) is 6.54 Å². The maximum atomic E-state index is 4.13. The Kier molecular flexibility index (Phi) is 4.27. The quantitative estimate of drug-likeness (QED) is 0.841. The van der Waals surface area contributed by atoms with Crippen LogP contribution < -0.4 is 5.32 Å². The Bertz CT molecular complexity index is 538. The second-order valence-corrected chi connectivity index (χ2v) is 6.54. The van der Waals surface area contributed by atoms with E-state index in [2.05, 4.69) is 52.4 Å². The normalized spacial score (nSPS) is 15.6. The molecule has 2 aromatic rings. The molecule has 102 valence electrons. The molecule has 0 atom stereocenters. The molecule has 1 aliphatic rings. The van der Waals surface area contributed by atoms with Crippen LogP contribution in [0.3, 0.4) is 0 Å². The summed E-state index contributed by atoms with van der Waals surface area (Å²) >= 11 is 5.26. The second kappa shape index (κ2) is 6.13. The summed E-state index contributed by atoms with van der Waals surface area (Å²) in [6, 6.07) is 2.17. The predicted molar refractivity (Wildman–Crippen MR) is 79.0 cm³/mol. The summed E-state index contributed by atoms with van der Waals surface area (Å²) in [6.45, 7) is 5.99. The molecule has 0 radical (unpaired) electrons. The molecule has 3 heterocycles. The molecule has 0 bridgehead atoms. The minimum Gasteiger partial charge on any atom is -0.315 e. The molecule has 1 aliphatic heterocycles. The summed E-state index contributed by atoms with van der Waals surface area (Å²) in [4.78, 5) is 3.78. The highest BCUT2D eigenvalue weighted by Gasteiger charge is 2.16. The zero-order chi connectivity index (χ0) is 13.1. The van der Waals surface area contributed by atoms with Crippen LogP contribution >= 0.6 is 27.3 Å². The van der Waals surface area contributed by atoms with Crippen molar-refractivity contribution >= 4 is 27.3 Å². The number of hydrogen-bond acceptors (Lipinski definition) is 5. The van der Waals surface area contributed by atoms with Crippen molar-refractivity contribution in [3.63, 3.8) is 0 Å². The molecule has 1 N–H and O–H groups in total. The molecule has 0 amide bonds. The van der Waals surface area contributed by atoms with Gasteiger partial charge in [-0.15, -0.1) is 21.5 Å². The highest BCUT2D eigenvalue weighted by Crippen LogP contribution is 2.19. The Balaban J connectivity index is 1.39. The van der Waals surface area contributed by atoms with Crippen molar-refractivity contribution in [1.82, 2.24) is 25.0 Å². The van der Waals surface area contributed by atoms with Crippen LogP contribution in [-0.2, 0) is 19.6 Å². The topological polar surface area (TPSA) is 46.0 Å². The molecule has 0 fully saturated rings. The van der Waals surface area contributed by atoms with Crippen LogP contribution in [0.15, 0.2) is 22.2 Å². The zero-order valence-electron chi connectivity index (χ0n) is 10.5. The first-order valence-electron chi connectivity index (χ1n) is 6.34. The van der Waals surface area contributed by atoms with Crippen LogP contribution in [0.5, 0.6) is 0 Å². The zero-order valence-corrected chi connectivity index (χ0v) is 13.0. The fraction of sp³-hybridized carbons (Fsp3) is 0.500. The SMILES string of the molecule is Brc1csc(CNCCN2CCn3cnnc3C2)c1. The number of halogens is 1. The minimum atomic E-state index is 0.909. The standard InChI is InChI=1S/C12H16BrN5S/c13-10-5-11(19-8-10)6-14-1-2-17-3-4-18-9-15-16-12(18)7-17/h5,8-9,14H,1-4,6-7H2. The summed E-state index contributed by atoms with van der Waals surface area (Å²) < 4.78 is 3.30. The predicted octanol–water partition coefficient (Wildman–Crippen LogP) is 1.71. The Morgan fingerprint density at radius 1 is 1.42 bits per heavy atom. The Morgan fingerprint density at radius 2 is 2.37 bits per heavy atom. The van der Waals surface area contributed by atoms with Crippen LogP contribution in [0, 0.1) is 0 Å². The molecule has 0 saturated heterocycles. The van der Waals surface area contributed by atoms with E-state index in [4.69, 9.17) is 0 Å². The third-order valence-corrected chi connectivity index (χ3v) is 4.94. The van der Waals surface area contributed by atoms with E-state index < -0.39 is 0 Å². The number of aromatic nitrogens is 3. The van der Waals surface area contributed by atoms with Crippen molar-refractivity contribution in [1.29, 1.82) is 0 Å². The maximum absolute atomic E-state index is 4.13. The lowest BCUT2D eigenvalue weighted by molar-refractivity contribution is 0.217. The molecule has 0 aromatic carbocycles. The lowest BCUT2D eigenvalue weighted by atomic mass is 10.3. The van der Waals surface area contributed by atoms with Gasteiger partial charge in [0.15, 0.2) is 0 Å². The number of thiophene rings is 1. The highest BCUT2D eigenvalue weighted by atomic mass is 79.9. The van der Waals surface area contributed by atoms with Crippen LogP contribution in [0.2, 0.25) is 0 Å². The monoisotopic (exact) mass is 341 g/mol. The van der Waals surface area contributed by atoms with Gasteiger partial charge >= 0.3 is 0 Å². The van der Waals surface area contributed by atoms with Gasteiger partial charge in [-0.3, -0.25) is 4.90 Å². The van der Waals surface area contributed by atoms with E-state index in [0.717, 1.165) is 45.1 Å². The average molecular weight is 342 g/mol. The number of fused-ring (bicyclic) bond motifs is 1. The number of rotatable bonds is 5. The molecule has 0 saturated carbocycles. The molecule has 0 aliphatic carbocycles. The molecular formula is C12H16BrN5S. The first-order valence-corrected chi connectivity index (χ1v) is 8.01. The molecule has 5 nitrogen and oxygen atoms in total. The van der Waals surface area contributed by atoms with E-state index in [-0.39, 0.29) is 0 Å². The van der Waals surface area contributed by atoms with Crippen molar-refractivity contribution in [3.05, 3.63) is 32.9 Å². The van der Waals surface area contributed by atoms with Crippen molar-refractivity contribution < 1.29 is 0 Å². The first kappa shape index (κ1) is 13.2. The largest absolute Gasteiger partial charge is 0.315 e. The van der Waals surface area contributed by atoms with Gasteiger partial charge < -0.3 is 9.88 Å². The van der Waals surface area contributed by atoms with E-state index in [0.29, 0.717) is 0 Å². The number of nitrogens with zero attached hydrogens (tertiary/aromatic N) is 4. The molecule has 3 rings (SSSR count). The first-order chi connectivity index (χ1) is 9.31. The van der Waals surface area contributed by atoms with Crippen molar-refractivity contribution in [3.8, 4) is 0 Å². The summed E-state index contributed by atoms with van der Waals surface area (Å²) in [5, 5.41) is 13.7. The molecular weight excluding hydrogens is 326 g/mol. The summed E-state index contributed by atoms with van der Waals surface area (Å²) in [5.41, 5.74) is 0. The molecule has 2 aromatic heterocycles. The van der Waals surface area contributed by atoms with Crippen LogP contribution in [0.1, 0.15) is 10.7 Å². The molecule has 7 heteroatoms. The average Bonchev–Trinajstić information content (AvgIpc) is 3.03. The van der Waals surface area contributed by atoms with Crippen molar-refractivity contribution in [2.45, 2.75) is 19.6 Å². The Hall–Kier alpha value is -0.760. The van der Waals surface area contributed by atoms with Gasteiger partial charge in [0.2, 0.25) is 0 Å². The fourth-order valence-electron chi connectivity index (χ4n) is 2.20. The third kappa shape index (κ3) is 3.42.